The first-order chi connectivity index (χ1) is 9.15. The number of fused-ring (bicyclic) bond motifs is 1. The molecule has 1 atom stereocenters. The highest BCUT2D eigenvalue weighted by molar-refractivity contribution is 6.35. The fraction of sp³-hybridized carbons (Fsp3) is 0.0714. The highest BCUT2D eigenvalue weighted by atomic mass is 35.5. The van der Waals surface area contributed by atoms with Gasteiger partial charge in [-0.3, -0.25) is 4.79 Å². The average molecular weight is 294 g/mol. The molecule has 2 aromatic rings. The van der Waals surface area contributed by atoms with E-state index in [1.165, 1.54) is 0 Å². The van der Waals surface area contributed by atoms with Gasteiger partial charge in [-0.1, -0.05) is 41.4 Å². The molecule has 5 heteroatoms. The summed E-state index contributed by atoms with van der Waals surface area (Å²) in [7, 11) is 0. The van der Waals surface area contributed by atoms with Gasteiger partial charge in [-0.25, -0.2) is 0 Å². The lowest BCUT2D eigenvalue weighted by Crippen LogP contribution is -2.36. The highest BCUT2D eigenvalue weighted by Crippen LogP contribution is 2.32. The Hall–Kier alpha value is -1.71. The molecule has 1 heterocycles. The van der Waals surface area contributed by atoms with Crippen LogP contribution in [0.1, 0.15) is 22.1 Å². The zero-order valence-electron chi connectivity index (χ0n) is 9.69. The van der Waals surface area contributed by atoms with Gasteiger partial charge in [-0.05, 0) is 24.3 Å². The zero-order valence-corrected chi connectivity index (χ0v) is 11.2. The third-order valence-corrected chi connectivity index (χ3v) is 3.45. The van der Waals surface area contributed by atoms with Gasteiger partial charge >= 0.3 is 0 Å². The summed E-state index contributed by atoms with van der Waals surface area (Å²) in [4.78, 5) is 12.0. The van der Waals surface area contributed by atoms with Crippen LogP contribution in [0, 0.1) is 0 Å². The number of benzene rings is 2. The summed E-state index contributed by atoms with van der Waals surface area (Å²) in [6.45, 7) is 0. The summed E-state index contributed by atoms with van der Waals surface area (Å²) in [6.07, 6.45) is -0.604. The number of carbonyl (C=O) groups is 1. The van der Waals surface area contributed by atoms with E-state index in [9.17, 15) is 4.79 Å². The van der Waals surface area contributed by atoms with Gasteiger partial charge in [0.25, 0.3) is 5.91 Å². The monoisotopic (exact) mass is 293 g/mol. The Morgan fingerprint density at radius 1 is 1.11 bits per heavy atom. The van der Waals surface area contributed by atoms with Crippen LogP contribution in [-0.4, -0.2) is 5.91 Å². The van der Waals surface area contributed by atoms with Crippen molar-refractivity contribution in [3.05, 3.63) is 63.6 Å². The van der Waals surface area contributed by atoms with Crippen LogP contribution in [0.25, 0.3) is 0 Å². The third-order valence-electron chi connectivity index (χ3n) is 2.88. The Kier molecular flexibility index (Phi) is 3.09. The molecular weight excluding hydrogens is 285 g/mol. The molecule has 1 aliphatic heterocycles. The quantitative estimate of drug-likeness (QED) is 0.868. The molecule has 0 spiro atoms. The molecule has 0 aromatic heterocycles. The van der Waals surface area contributed by atoms with Crippen LogP contribution in [0.4, 0.5) is 0 Å². The molecule has 2 aromatic carbocycles. The predicted octanol–water partition coefficient (Wildman–Crippen LogP) is 3.81. The lowest BCUT2D eigenvalue weighted by Gasteiger charge is -2.27. The van der Waals surface area contributed by atoms with Gasteiger partial charge in [0.15, 0.2) is 6.23 Å². The molecule has 1 amide bonds. The summed E-state index contributed by atoms with van der Waals surface area (Å²) in [6, 6.07) is 12.1. The average Bonchev–Trinajstić information content (AvgIpc) is 2.38. The van der Waals surface area contributed by atoms with E-state index >= 15 is 0 Å². The molecule has 0 aliphatic carbocycles. The number of nitrogens with one attached hydrogen (secondary N) is 1. The summed E-state index contributed by atoms with van der Waals surface area (Å²) in [5, 5.41) is 3.75. The van der Waals surface area contributed by atoms with Gasteiger partial charge in [0.2, 0.25) is 0 Å². The van der Waals surface area contributed by atoms with Crippen molar-refractivity contribution in [3.63, 3.8) is 0 Å². The Morgan fingerprint density at radius 2 is 1.89 bits per heavy atom. The van der Waals surface area contributed by atoms with E-state index < -0.39 is 6.23 Å². The molecule has 19 heavy (non-hydrogen) atoms. The molecule has 96 valence electrons. The molecule has 0 bridgehead atoms. The molecule has 0 radical (unpaired) electrons. The Labute approximate surface area is 120 Å². The predicted molar refractivity (Wildman–Crippen MR) is 73.7 cm³/mol. The Balaban J connectivity index is 1.99. The second-order valence-corrected chi connectivity index (χ2v) is 4.98. The van der Waals surface area contributed by atoms with Crippen molar-refractivity contribution in [2.75, 3.05) is 0 Å². The maximum Gasteiger partial charge on any atom is 0.258 e. The van der Waals surface area contributed by atoms with Crippen LogP contribution < -0.4 is 10.1 Å². The van der Waals surface area contributed by atoms with Crippen LogP contribution in [0.3, 0.4) is 0 Å². The Morgan fingerprint density at radius 3 is 2.68 bits per heavy atom. The van der Waals surface area contributed by atoms with E-state index in [1.54, 1.807) is 36.4 Å². The van der Waals surface area contributed by atoms with Crippen LogP contribution in [0.5, 0.6) is 5.75 Å². The standard InChI is InChI=1S/C14H9Cl2NO2/c15-8-5-6-9(11(16)7-8)14-17-13(18)10-3-1-2-4-12(10)19-14/h1-7,14H,(H,17,18)/t14-/m0/s1. The van der Waals surface area contributed by atoms with Gasteiger partial charge in [-0.2, -0.15) is 0 Å². The molecule has 3 nitrogen and oxygen atoms in total. The van der Waals surface area contributed by atoms with E-state index in [4.69, 9.17) is 27.9 Å². The smallest absolute Gasteiger partial charge is 0.258 e. The van der Waals surface area contributed by atoms with E-state index in [0.29, 0.717) is 26.9 Å². The molecule has 1 N–H and O–H groups in total. The molecule has 0 saturated heterocycles. The number of ether oxygens (including phenoxy) is 1. The number of carbonyl (C=O) groups excluding carboxylic acids is 1. The molecule has 0 saturated carbocycles. The van der Waals surface area contributed by atoms with Crippen LogP contribution in [0.2, 0.25) is 10.0 Å². The van der Waals surface area contributed by atoms with Crippen molar-refractivity contribution in [2.24, 2.45) is 0 Å². The van der Waals surface area contributed by atoms with Crippen molar-refractivity contribution >= 4 is 29.1 Å². The zero-order chi connectivity index (χ0) is 13.4. The van der Waals surface area contributed by atoms with Crippen LogP contribution in [0.15, 0.2) is 42.5 Å². The summed E-state index contributed by atoms with van der Waals surface area (Å²) in [5.41, 5.74) is 1.19. The van der Waals surface area contributed by atoms with Gasteiger partial charge in [0.05, 0.1) is 10.6 Å². The van der Waals surface area contributed by atoms with Gasteiger partial charge in [0, 0.05) is 10.6 Å². The maximum absolute atomic E-state index is 12.0. The number of para-hydroxylation sites is 1. The summed E-state index contributed by atoms with van der Waals surface area (Å²) >= 11 is 12.0. The number of amides is 1. The van der Waals surface area contributed by atoms with Gasteiger partial charge < -0.3 is 10.1 Å². The topological polar surface area (TPSA) is 38.3 Å². The fourth-order valence-corrected chi connectivity index (χ4v) is 2.47. The molecule has 1 aliphatic rings. The molecule has 0 fully saturated rings. The highest BCUT2D eigenvalue weighted by Gasteiger charge is 2.27. The van der Waals surface area contributed by atoms with Gasteiger partial charge in [-0.15, -0.1) is 0 Å². The van der Waals surface area contributed by atoms with E-state index in [2.05, 4.69) is 5.32 Å². The minimum Gasteiger partial charge on any atom is -0.466 e. The summed E-state index contributed by atoms with van der Waals surface area (Å²) < 4.78 is 5.75. The molecule has 0 unspecified atom stereocenters. The van der Waals surface area contributed by atoms with Crippen molar-refractivity contribution in [1.29, 1.82) is 0 Å². The van der Waals surface area contributed by atoms with Crippen molar-refractivity contribution < 1.29 is 9.53 Å². The van der Waals surface area contributed by atoms with E-state index in [1.807, 2.05) is 6.07 Å². The first-order valence-electron chi connectivity index (χ1n) is 5.66. The normalized spacial score (nSPS) is 17.4. The largest absolute Gasteiger partial charge is 0.466 e. The SMILES string of the molecule is O=C1N[C@H](c2ccc(Cl)cc2Cl)Oc2ccccc21. The lowest BCUT2D eigenvalue weighted by atomic mass is 10.1. The first-order valence-corrected chi connectivity index (χ1v) is 6.42. The van der Waals surface area contributed by atoms with Crippen molar-refractivity contribution in [1.82, 2.24) is 5.32 Å². The van der Waals surface area contributed by atoms with E-state index in [-0.39, 0.29) is 5.91 Å². The fourth-order valence-electron chi connectivity index (χ4n) is 1.97. The van der Waals surface area contributed by atoms with Crippen molar-refractivity contribution in [2.45, 2.75) is 6.23 Å². The molecular formula is C14H9Cl2NO2. The van der Waals surface area contributed by atoms with Crippen LogP contribution >= 0.6 is 23.2 Å². The molecule has 3 rings (SSSR count). The Bertz CT molecular complexity index is 658. The van der Waals surface area contributed by atoms with E-state index in [0.717, 1.165) is 0 Å². The minimum atomic E-state index is -0.604. The third kappa shape index (κ3) is 2.27. The minimum absolute atomic E-state index is 0.183. The first kappa shape index (κ1) is 12.3. The van der Waals surface area contributed by atoms with Gasteiger partial charge in [0.1, 0.15) is 5.75 Å². The number of rotatable bonds is 1. The lowest BCUT2D eigenvalue weighted by molar-refractivity contribution is 0.0756. The maximum atomic E-state index is 12.0. The van der Waals surface area contributed by atoms with Crippen molar-refractivity contribution in [3.8, 4) is 5.75 Å². The number of halogens is 2. The van der Waals surface area contributed by atoms with Crippen LogP contribution in [-0.2, 0) is 0 Å². The second kappa shape index (κ2) is 4.76. The number of hydrogen-bond acceptors (Lipinski definition) is 2. The number of hydrogen-bond donors (Lipinski definition) is 1. The second-order valence-electron chi connectivity index (χ2n) is 4.13. The summed E-state index contributed by atoms with van der Waals surface area (Å²) in [5.74, 6) is 0.361.